The van der Waals surface area contributed by atoms with Crippen molar-refractivity contribution < 1.29 is 5.11 Å². The summed E-state index contributed by atoms with van der Waals surface area (Å²) in [7, 11) is 0. The largest absolute Gasteiger partial charge is 0.383 e. The van der Waals surface area contributed by atoms with Gasteiger partial charge in [-0.05, 0) is 13.0 Å². The van der Waals surface area contributed by atoms with Gasteiger partial charge in [0.1, 0.15) is 18.3 Å². The molecule has 0 saturated carbocycles. The topological polar surface area (TPSA) is 63.8 Å². The molecule has 1 atom stereocenters. The van der Waals surface area contributed by atoms with Gasteiger partial charge in [0.25, 0.3) is 0 Å². The molecule has 2 heterocycles. The van der Waals surface area contributed by atoms with Crippen LogP contribution in [0.5, 0.6) is 0 Å². The number of nitrogens with zero attached hydrogens (tertiary/aromatic N) is 4. The van der Waals surface area contributed by atoms with Gasteiger partial charge in [0.15, 0.2) is 0 Å². The molecule has 0 fully saturated rings. The fourth-order valence-corrected chi connectivity index (χ4v) is 1.40. The van der Waals surface area contributed by atoms with Crippen molar-refractivity contribution in [2.45, 2.75) is 19.1 Å². The number of hydrogen-bond acceptors (Lipinski definition) is 4. The SMILES string of the molecule is CC(O)(Cn1cncn1)c1cccnc1. The maximum atomic E-state index is 10.2. The molecule has 2 aromatic rings. The molecule has 15 heavy (non-hydrogen) atoms. The van der Waals surface area contributed by atoms with E-state index in [2.05, 4.69) is 15.1 Å². The first-order valence-corrected chi connectivity index (χ1v) is 4.64. The van der Waals surface area contributed by atoms with Crippen LogP contribution in [-0.2, 0) is 12.1 Å². The Kier molecular flexibility index (Phi) is 2.47. The second kappa shape index (κ2) is 3.78. The molecule has 1 N–H and O–H groups in total. The van der Waals surface area contributed by atoms with E-state index in [1.807, 2.05) is 6.07 Å². The van der Waals surface area contributed by atoms with Crippen LogP contribution in [0.25, 0.3) is 0 Å². The molecule has 0 aliphatic carbocycles. The molecule has 2 aromatic heterocycles. The van der Waals surface area contributed by atoms with Crippen molar-refractivity contribution in [1.29, 1.82) is 0 Å². The van der Waals surface area contributed by atoms with Gasteiger partial charge >= 0.3 is 0 Å². The lowest BCUT2D eigenvalue weighted by Crippen LogP contribution is -2.28. The Labute approximate surface area is 87.4 Å². The molecule has 0 saturated heterocycles. The summed E-state index contributed by atoms with van der Waals surface area (Å²) in [5.74, 6) is 0. The molecular formula is C10H12N4O. The molecule has 5 heteroatoms. The van der Waals surface area contributed by atoms with Gasteiger partial charge in [0.05, 0.1) is 6.54 Å². The first-order valence-electron chi connectivity index (χ1n) is 4.64. The van der Waals surface area contributed by atoms with E-state index >= 15 is 0 Å². The molecule has 5 nitrogen and oxygen atoms in total. The maximum absolute atomic E-state index is 10.2. The minimum absolute atomic E-state index is 0.360. The van der Waals surface area contributed by atoms with Crippen LogP contribution in [0.15, 0.2) is 37.2 Å². The van der Waals surface area contributed by atoms with Crippen LogP contribution in [0, 0.1) is 0 Å². The lowest BCUT2D eigenvalue weighted by molar-refractivity contribution is 0.0342. The fourth-order valence-electron chi connectivity index (χ4n) is 1.40. The highest BCUT2D eigenvalue weighted by Gasteiger charge is 2.24. The van der Waals surface area contributed by atoms with Crippen LogP contribution >= 0.6 is 0 Å². The summed E-state index contributed by atoms with van der Waals surface area (Å²) in [5.41, 5.74) is -0.220. The Morgan fingerprint density at radius 2 is 2.33 bits per heavy atom. The normalized spacial score (nSPS) is 14.8. The minimum Gasteiger partial charge on any atom is -0.383 e. The van der Waals surface area contributed by atoms with E-state index in [9.17, 15) is 5.11 Å². The Hall–Kier alpha value is -1.75. The standard InChI is InChI=1S/C10H12N4O/c1-10(15,6-14-8-12-7-13-14)9-3-2-4-11-5-9/h2-5,7-8,15H,6H2,1H3. The molecule has 0 bridgehead atoms. The zero-order chi connectivity index (χ0) is 10.7. The third-order valence-corrected chi connectivity index (χ3v) is 2.22. The lowest BCUT2D eigenvalue weighted by Gasteiger charge is -2.22. The predicted octanol–water partition coefficient (Wildman–Crippen LogP) is 0.581. The monoisotopic (exact) mass is 204 g/mol. The molecule has 2 rings (SSSR count). The zero-order valence-electron chi connectivity index (χ0n) is 8.41. The number of pyridine rings is 1. The van der Waals surface area contributed by atoms with Crippen molar-refractivity contribution in [3.63, 3.8) is 0 Å². The van der Waals surface area contributed by atoms with Gasteiger partial charge in [0.2, 0.25) is 0 Å². The van der Waals surface area contributed by atoms with Crippen molar-refractivity contribution >= 4 is 0 Å². The summed E-state index contributed by atoms with van der Waals surface area (Å²) in [6.45, 7) is 2.09. The van der Waals surface area contributed by atoms with E-state index in [1.54, 1.807) is 36.4 Å². The lowest BCUT2D eigenvalue weighted by atomic mass is 9.98. The van der Waals surface area contributed by atoms with Gasteiger partial charge in [-0.1, -0.05) is 6.07 Å². The van der Waals surface area contributed by atoms with Crippen molar-refractivity contribution in [3.05, 3.63) is 42.7 Å². The van der Waals surface area contributed by atoms with Gasteiger partial charge in [-0.2, -0.15) is 5.10 Å². The van der Waals surface area contributed by atoms with E-state index in [0.29, 0.717) is 6.54 Å². The summed E-state index contributed by atoms with van der Waals surface area (Å²) in [4.78, 5) is 7.80. The summed E-state index contributed by atoms with van der Waals surface area (Å²) >= 11 is 0. The van der Waals surface area contributed by atoms with E-state index in [1.165, 1.54) is 6.33 Å². The van der Waals surface area contributed by atoms with Crippen LogP contribution < -0.4 is 0 Å². The van der Waals surface area contributed by atoms with E-state index in [0.717, 1.165) is 5.56 Å². The Balaban J connectivity index is 2.20. The minimum atomic E-state index is -0.984. The number of aliphatic hydroxyl groups is 1. The van der Waals surface area contributed by atoms with Crippen LogP contribution in [0.3, 0.4) is 0 Å². The molecular weight excluding hydrogens is 192 g/mol. The molecule has 0 radical (unpaired) electrons. The molecule has 0 amide bonds. The molecule has 0 spiro atoms. The summed E-state index contributed by atoms with van der Waals surface area (Å²) in [6.07, 6.45) is 6.34. The van der Waals surface area contributed by atoms with Crippen molar-refractivity contribution in [2.75, 3.05) is 0 Å². The zero-order valence-corrected chi connectivity index (χ0v) is 8.41. The van der Waals surface area contributed by atoms with Crippen LogP contribution in [0.4, 0.5) is 0 Å². The van der Waals surface area contributed by atoms with Crippen molar-refractivity contribution in [1.82, 2.24) is 19.7 Å². The molecule has 0 aromatic carbocycles. The number of aromatic nitrogens is 4. The second-order valence-electron chi connectivity index (χ2n) is 3.61. The highest BCUT2D eigenvalue weighted by molar-refractivity contribution is 5.16. The highest BCUT2D eigenvalue weighted by atomic mass is 16.3. The smallest absolute Gasteiger partial charge is 0.137 e. The maximum Gasteiger partial charge on any atom is 0.137 e. The molecule has 78 valence electrons. The third kappa shape index (κ3) is 2.19. The fraction of sp³-hybridized carbons (Fsp3) is 0.300. The van der Waals surface area contributed by atoms with Crippen molar-refractivity contribution in [3.8, 4) is 0 Å². The molecule has 1 unspecified atom stereocenters. The van der Waals surface area contributed by atoms with Gasteiger partial charge in [-0.25, -0.2) is 9.67 Å². The quantitative estimate of drug-likeness (QED) is 0.794. The van der Waals surface area contributed by atoms with Gasteiger partial charge < -0.3 is 5.11 Å². The highest BCUT2D eigenvalue weighted by Crippen LogP contribution is 2.20. The van der Waals surface area contributed by atoms with Crippen LogP contribution in [-0.4, -0.2) is 24.9 Å². The first-order chi connectivity index (χ1) is 7.18. The predicted molar refractivity (Wildman–Crippen MR) is 53.8 cm³/mol. The van der Waals surface area contributed by atoms with Gasteiger partial charge in [-0.3, -0.25) is 4.98 Å². The van der Waals surface area contributed by atoms with E-state index in [4.69, 9.17) is 0 Å². The van der Waals surface area contributed by atoms with E-state index in [-0.39, 0.29) is 0 Å². The summed E-state index contributed by atoms with van der Waals surface area (Å²) < 4.78 is 1.59. The second-order valence-corrected chi connectivity index (χ2v) is 3.61. The average molecular weight is 204 g/mol. The van der Waals surface area contributed by atoms with Gasteiger partial charge in [-0.15, -0.1) is 0 Å². The average Bonchev–Trinajstić information content (AvgIpc) is 2.71. The molecule has 0 aliphatic heterocycles. The third-order valence-electron chi connectivity index (χ3n) is 2.22. The molecule has 0 aliphatic rings. The first kappa shape index (κ1) is 9.79. The van der Waals surface area contributed by atoms with Crippen molar-refractivity contribution in [2.24, 2.45) is 0 Å². The summed E-state index contributed by atoms with van der Waals surface area (Å²) in [6, 6.07) is 3.63. The van der Waals surface area contributed by atoms with E-state index < -0.39 is 5.60 Å². The van der Waals surface area contributed by atoms with Crippen LogP contribution in [0.1, 0.15) is 12.5 Å². The van der Waals surface area contributed by atoms with Gasteiger partial charge in [0, 0.05) is 18.0 Å². The van der Waals surface area contributed by atoms with Crippen LogP contribution in [0.2, 0.25) is 0 Å². The Morgan fingerprint density at radius 1 is 1.47 bits per heavy atom. The Bertz CT molecular complexity index is 410. The Morgan fingerprint density at radius 3 is 2.93 bits per heavy atom. The number of rotatable bonds is 3. The number of hydrogen-bond donors (Lipinski definition) is 1. The summed E-state index contributed by atoms with van der Waals surface area (Å²) in [5, 5.41) is 14.2.